The standard InChI is InChI=1S/C30H29NO/c1-21(26-11-7-12-28-27-10-5-6-13-29(27)32-30(26)28)20-25(18-19-31)24-16-14-23(15-17-24)22-8-3-2-4-9-22/h5-7,10-20,22,31H,2-4,8-9H2,1H3/b21-20+,25-18+,31-19?/i22D. The van der Waals surface area contributed by atoms with Gasteiger partial charge in [0.15, 0.2) is 0 Å². The molecule has 0 spiro atoms. The average molecular weight is 421 g/mol. The Labute approximate surface area is 191 Å². The van der Waals surface area contributed by atoms with Crippen LogP contribution >= 0.6 is 0 Å². The van der Waals surface area contributed by atoms with E-state index in [9.17, 15) is 0 Å². The smallest absolute Gasteiger partial charge is 0.142 e. The van der Waals surface area contributed by atoms with Gasteiger partial charge >= 0.3 is 0 Å². The molecule has 0 radical (unpaired) electrons. The van der Waals surface area contributed by atoms with E-state index in [0.29, 0.717) is 0 Å². The van der Waals surface area contributed by atoms with E-state index in [1.165, 1.54) is 12.6 Å². The van der Waals surface area contributed by atoms with Crippen LogP contribution in [0.25, 0.3) is 33.1 Å². The normalized spacial score (nSPS) is 17.5. The summed E-state index contributed by atoms with van der Waals surface area (Å²) in [6, 6.07) is 22.8. The van der Waals surface area contributed by atoms with Crippen molar-refractivity contribution in [1.82, 2.24) is 0 Å². The van der Waals surface area contributed by atoms with Gasteiger partial charge in [-0.1, -0.05) is 86.0 Å². The first-order valence-corrected chi connectivity index (χ1v) is 11.5. The van der Waals surface area contributed by atoms with Gasteiger partial charge in [-0.3, -0.25) is 0 Å². The van der Waals surface area contributed by atoms with Crippen molar-refractivity contribution in [3.05, 3.63) is 95.6 Å². The Hall–Kier alpha value is -3.39. The summed E-state index contributed by atoms with van der Waals surface area (Å²) < 4.78 is 15.1. The van der Waals surface area contributed by atoms with E-state index in [-0.39, 0.29) is 0 Å². The van der Waals surface area contributed by atoms with Gasteiger partial charge in [0.1, 0.15) is 11.2 Å². The second-order valence-electron chi connectivity index (χ2n) is 8.64. The molecule has 0 atom stereocenters. The third-order valence-corrected chi connectivity index (χ3v) is 6.55. The van der Waals surface area contributed by atoms with Crippen molar-refractivity contribution in [2.75, 3.05) is 0 Å². The van der Waals surface area contributed by atoms with Crippen molar-refractivity contribution < 1.29 is 5.79 Å². The summed E-state index contributed by atoms with van der Waals surface area (Å²) >= 11 is 0. The molecular weight excluding hydrogens is 390 g/mol. The van der Waals surface area contributed by atoms with Gasteiger partial charge in [-0.15, -0.1) is 0 Å². The first-order valence-electron chi connectivity index (χ1n) is 12.0. The van der Waals surface area contributed by atoms with E-state index in [0.717, 1.165) is 75.5 Å². The molecule has 1 aliphatic rings. The van der Waals surface area contributed by atoms with Crippen LogP contribution in [0.4, 0.5) is 0 Å². The maximum atomic E-state index is 8.90. The van der Waals surface area contributed by atoms with Crippen molar-refractivity contribution in [3.8, 4) is 0 Å². The highest BCUT2D eigenvalue weighted by atomic mass is 16.3. The minimum atomic E-state index is -0.453. The van der Waals surface area contributed by atoms with Crippen molar-refractivity contribution in [2.45, 2.75) is 44.9 Å². The van der Waals surface area contributed by atoms with Crippen LogP contribution in [0.3, 0.4) is 0 Å². The summed E-state index contributed by atoms with van der Waals surface area (Å²) in [7, 11) is 0. The van der Waals surface area contributed by atoms with Crippen molar-refractivity contribution >= 4 is 39.3 Å². The summed E-state index contributed by atoms with van der Waals surface area (Å²) in [6.45, 7) is 2.09. The highest BCUT2D eigenvalue weighted by Crippen LogP contribution is 2.35. The average Bonchev–Trinajstić information content (AvgIpc) is 3.23. The lowest BCUT2D eigenvalue weighted by Crippen LogP contribution is -2.04. The van der Waals surface area contributed by atoms with Gasteiger partial charge in [0.25, 0.3) is 0 Å². The fraction of sp³-hybridized carbons (Fsp3) is 0.233. The number of hydrogen-bond donors (Lipinski definition) is 1. The third-order valence-electron chi connectivity index (χ3n) is 6.55. The highest BCUT2D eigenvalue weighted by Gasteiger charge is 2.16. The van der Waals surface area contributed by atoms with Crippen LogP contribution in [0, 0.1) is 5.41 Å². The molecular formula is C30H29NO. The third kappa shape index (κ3) is 3.93. The van der Waals surface area contributed by atoms with E-state index in [2.05, 4.69) is 61.5 Å². The molecule has 4 aromatic rings. The molecule has 1 N–H and O–H groups in total. The number of furan rings is 1. The number of nitrogens with one attached hydrogen (secondary N) is 1. The minimum Gasteiger partial charge on any atom is -0.455 e. The van der Waals surface area contributed by atoms with Gasteiger partial charge in [-0.2, -0.15) is 0 Å². The Morgan fingerprint density at radius 3 is 2.47 bits per heavy atom. The number of benzene rings is 3. The first kappa shape index (κ1) is 19.3. The fourth-order valence-electron chi connectivity index (χ4n) is 4.85. The summed E-state index contributed by atoms with van der Waals surface area (Å²) in [5.74, 6) is -0.453. The maximum Gasteiger partial charge on any atom is 0.142 e. The Morgan fingerprint density at radius 1 is 0.938 bits per heavy atom. The van der Waals surface area contributed by atoms with Crippen LogP contribution in [-0.2, 0) is 0 Å². The van der Waals surface area contributed by atoms with Crippen molar-refractivity contribution in [2.24, 2.45) is 0 Å². The molecule has 0 bridgehead atoms. The van der Waals surface area contributed by atoms with E-state index in [1.54, 1.807) is 0 Å². The number of rotatable bonds is 5. The van der Waals surface area contributed by atoms with Gasteiger partial charge in [-0.05, 0) is 60.1 Å². The molecule has 1 aromatic heterocycles. The Morgan fingerprint density at radius 2 is 1.69 bits per heavy atom. The van der Waals surface area contributed by atoms with Crippen LogP contribution in [0.15, 0.2) is 83.3 Å². The van der Waals surface area contributed by atoms with E-state index >= 15 is 0 Å². The van der Waals surface area contributed by atoms with Crippen LogP contribution < -0.4 is 0 Å². The van der Waals surface area contributed by atoms with Crippen molar-refractivity contribution in [1.29, 1.82) is 5.41 Å². The van der Waals surface area contributed by atoms with E-state index in [4.69, 9.17) is 11.2 Å². The lowest BCUT2D eigenvalue weighted by molar-refractivity contribution is 0.443. The summed E-state index contributed by atoms with van der Waals surface area (Å²) in [5.41, 5.74) is 7.07. The van der Waals surface area contributed by atoms with Crippen LogP contribution in [0.2, 0.25) is 0 Å². The number of hydrogen-bond acceptors (Lipinski definition) is 2. The molecule has 160 valence electrons. The molecule has 1 aliphatic carbocycles. The maximum absolute atomic E-state index is 8.90. The monoisotopic (exact) mass is 420 g/mol. The summed E-state index contributed by atoms with van der Waals surface area (Å²) in [5, 5.41) is 9.93. The molecule has 2 nitrogen and oxygen atoms in total. The zero-order chi connectivity index (χ0) is 22.8. The molecule has 0 aliphatic heterocycles. The Balaban J connectivity index is 1.51. The van der Waals surface area contributed by atoms with Crippen molar-refractivity contribution in [3.63, 3.8) is 0 Å². The van der Waals surface area contributed by atoms with E-state index < -0.39 is 5.89 Å². The minimum absolute atomic E-state index is 0.453. The predicted molar refractivity (Wildman–Crippen MR) is 136 cm³/mol. The molecule has 1 heterocycles. The Kier molecular flexibility index (Phi) is 5.43. The topological polar surface area (TPSA) is 37.0 Å². The van der Waals surface area contributed by atoms with Gasteiger partial charge in [0.2, 0.25) is 0 Å². The number of fused-ring (bicyclic) bond motifs is 3. The SMILES string of the molecule is [2H]C1(c2ccc(C(=C/C=N)/C=C(\C)c3cccc4c3oc3ccccc34)cc2)CCCCC1. The molecule has 5 rings (SSSR count). The molecule has 1 saturated carbocycles. The molecule has 3 aromatic carbocycles. The van der Waals surface area contributed by atoms with Crippen LogP contribution in [0.1, 0.15) is 63.0 Å². The number of allylic oxidation sites excluding steroid dienone is 4. The van der Waals surface area contributed by atoms with Gasteiger partial charge in [-0.25, -0.2) is 0 Å². The first-order chi connectivity index (χ1) is 16.1. The lowest BCUT2D eigenvalue weighted by Gasteiger charge is -2.22. The fourth-order valence-corrected chi connectivity index (χ4v) is 4.85. The van der Waals surface area contributed by atoms with E-state index in [1.807, 2.05) is 24.3 Å². The quantitative estimate of drug-likeness (QED) is 0.254. The largest absolute Gasteiger partial charge is 0.455 e. The second-order valence-corrected chi connectivity index (χ2v) is 8.64. The summed E-state index contributed by atoms with van der Waals surface area (Å²) in [4.78, 5) is 0. The van der Waals surface area contributed by atoms with Crippen LogP contribution in [0.5, 0.6) is 0 Å². The van der Waals surface area contributed by atoms with Crippen LogP contribution in [-0.4, -0.2) is 6.21 Å². The molecule has 0 amide bonds. The van der Waals surface area contributed by atoms with Gasteiger partial charge in [0, 0.05) is 23.9 Å². The van der Waals surface area contributed by atoms with Gasteiger partial charge in [0.05, 0.1) is 0 Å². The second kappa shape index (κ2) is 9.00. The molecule has 32 heavy (non-hydrogen) atoms. The zero-order valence-electron chi connectivity index (χ0n) is 19.5. The Bertz CT molecular complexity index is 1370. The predicted octanol–water partition coefficient (Wildman–Crippen LogP) is 8.77. The molecule has 0 saturated heterocycles. The molecule has 0 unspecified atom stereocenters. The highest BCUT2D eigenvalue weighted by molar-refractivity contribution is 6.08. The zero-order valence-corrected chi connectivity index (χ0v) is 18.5. The molecule has 2 heteroatoms. The molecule has 1 fully saturated rings. The summed E-state index contributed by atoms with van der Waals surface area (Å²) in [6.07, 6.45) is 10.7. The number of para-hydroxylation sites is 2. The van der Waals surface area contributed by atoms with Gasteiger partial charge < -0.3 is 9.83 Å². The lowest BCUT2D eigenvalue weighted by atomic mass is 9.83.